The van der Waals surface area contributed by atoms with Gasteiger partial charge < -0.3 is 0 Å². The Labute approximate surface area is 355 Å². The van der Waals surface area contributed by atoms with E-state index in [-0.39, 0.29) is 0 Å². The van der Waals surface area contributed by atoms with Crippen LogP contribution in [-0.4, -0.2) is 9.97 Å². The summed E-state index contributed by atoms with van der Waals surface area (Å²) in [4.78, 5) is 11.0. The maximum atomic E-state index is 5.53. The molecule has 1 heterocycles. The Hall–Kier alpha value is -7.94. The summed E-state index contributed by atoms with van der Waals surface area (Å²) >= 11 is 0. The van der Waals surface area contributed by atoms with Crippen molar-refractivity contribution in [3.05, 3.63) is 253 Å². The molecule has 11 aromatic rings. The largest absolute Gasteiger partial charge is 0.228 e. The standard InChI is InChI=1S/C59H38N2/c1-5-20-40(21-6-1)55-48-30-15-16-31-49(48)57(56-45-28-14-13-19-39(45)33-36-50(55)56)54-38-53(60-58(61-54)41-22-7-2-8-23-41)42-34-35-47-46-29-17-18-32-51(46)59(52(47)37-42,43-24-9-3-10-25-43)44-26-11-4-12-27-44/h1-38H. The second-order valence-corrected chi connectivity index (χ2v) is 16.0. The molecular formula is C59H38N2. The summed E-state index contributed by atoms with van der Waals surface area (Å²) in [6.07, 6.45) is 0. The van der Waals surface area contributed by atoms with Gasteiger partial charge in [-0.05, 0) is 83.6 Å². The number of hydrogen-bond acceptors (Lipinski definition) is 2. The molecule has 0 N–H and O–H groups in total. The molecule has 2 nitrogen and oxygen atoms in total. The molecule has 0 bridgehead atoms. The van der Waals surface area contributed by atoms with Crippen molar-refractivity contribution < 1.29 is 0 Å². The predicted octanol–water partition coefficient (Wildman–Crippen LogP) is 15.0. The first-order valence-corrected chi connectivity index (χ1v) is 21.0. The first-order chi connectivity index (χ1) is 30.3. The van der Waals surface area contributed by atoms with Gasteiger partial charge in [-0.15, -0.1) is 0 Å². The molecule has 61 heavy (non-hydrogen) atoms. The third-order valence-corrected chi connectivity index (χ3v) is 12.7. The van der Waals surface area contributed by atoms with E-state index >= 15 is 0 Å². The van der Waals surface area contributed by atoms with Gasteiger partial charge in [-0.2, -0.15) is 0 Å². The van der Waals surface area contributed by atoms with E-state index in [0.717, 1.165) is 33.5 Å². The normalized spacial score (nSPS) is 12.7. The van der Waals surface area contributed by atoms with Gasteiger partial charge in [-0.1, -0.05) is 218 Å². The molecule has 0 spiro atoms. The van der Waals surface area contributed by atoms with Crippen LogP contribution in [0.2, 0.25) is 0 Å². The van der Waals surface area contributed by atoms with Crippen molar-refractivity contribution in [3.63, 3.8) is 0 Å². The highest BCUT2D eigenvalue weighted by Gasteiger charge is 2.46. The first kappa shape index (κ1) is 35.0. The van der Waals surface area contributed by atoms with Crippen LogP contribution in [0.15, 0.2) is 231 Å². The van der Waals surface area contributed by atoms with Gasteiger partial charge in [0.25, 0.3) is 0 Å². The summed E-state index contributed by atoms with van der Waals surface area (Å²) in [5.74, 6) is 0.693. The maximum Gasteiger partial charge on any atom is 0.160 e. The van der Waals surface area contributed by atoms with Crippen LogP contribution < -0.4 is 0 Å². The lowest BCUT2D eigenvalue weighted by atomic mass is 9.67. The fourth-order valence-electron chi connectivity index (χ4n) is 10.2. The molecule has 0 aliphatic heterocycles. The van der Waals surface area contributed by atoms with E-state index in [4.69, 9.17) is 9.97 Å². The molecule has 0 amide bonds. The number of fused-ring (bicyclic) bond motifs is 7. The fraction of sp³-hybridized carbons (Fsp3) is 0.0169. The predicted molar refractivity (Wildman–Crippen MR) is 254 cm³/mol. The van der Waals surface area contributed by atoms with Crippen LogP contribution in [0, 0.1) is 0 Å². The average Bonchev–Trinajstić information content (AvgIpc) is 3.64. The van der Waals surface area contributed by atoms with E-state index in [1.165, 1.54) is 71.4 Å². The van der Waals surface area contributed by atoms with Gasteiger partial charge in [0.15, 0.2) is 5.82 Å². The molecule has 2 heteroatoms. The summed E-state index contributed by atoms with van der Waals surface area (Å²) in [5, 5.41) is 7.13. The summed E-state index contributed by atoms with van der Waals surface area (Å²) in [6.45, 7) is 0. The van der Waals surface area contributed by atoms with Gasteiger partial charge >= 0.3 is 0 Å². The van der Waals surface area contributed by atoms with Gasteiger partial charge in [0.2, 0.25) is 0 Å². The number of nitrogens with zero attached hydrogens (tertiary/aromatic N) is 2. The Morgan fingerprint density at radius 2 is 0.852 bits per heavy atom. The topological polar surface area (TPSA) is 25.8 Å². The Morgan fingerprint density at radius 3 is 1.56 bits per heavy atom. The summed E-state index contributed by atoms with van der Waals surface area (Å²) in [5.41, 5.74) is 14.3. The zero-order chi connectivity index (χ0) is 40.3. The van der Waals surface area contributed by atoms with E-state index in [9.17, 15) is 0 Å². The molecule has 1 aromatic heterocycles. The molecule has 1 aliphatic carbocycles. The molecule has 0 fully saturated rings. The van der Waals surface area contributed by atoms with Crippen molar-refractivity contribution >= 4 is 32.3 Å². The van der Waals surface area contributed by atoms with Crippen LogP contribution in [0.25, 0.3) is 88.5 Å². The van der Waals surface area contributed by atoms with E-state index in [1.807, 2.05) is 0 Å². The second-order valence-electron chi connectivity index (χ2n) is 16.0. The molecule has 0 radical (unpaired) electrons. The minimum absolute atomic E-state index is 0.527. The summed E-state index contributed by atoms with van der Waals surface area (Å²) in [6, 6.07) is 83.5. The second kappa shape index (κ2) is 14.1. The minimum atomic E-state index is -0.527. The molecule has 0 saturated heterocycles. The number of aromatic nitrogens is 2. The Morgan fingerprint density at radius 1 is 0.311 bits per heavy atom. The highest BCUT2D eigenvalue weighted by molar-refractivity contribution is 6.27. The van der Waals surface area contributed by atoms with Gasteiger partial charge in [-0.3, -0.25) is 0 Å². The van der Waals surface area contributed by atoms with Crippen LogP contribution in [0.3, 0.4) is 0 Å². The van der Waals surface area contributed by atoms with Gasteiger partial charge in [0, 0.05) is 22.1 Å². The quantitative estimate of drug-likeness (QED) is 0.124. The van der Waals surface area contributed by atoms with Crippen LogP contribution in [0.5, 0.6) is 0 Å². The van der Waals surface area contributed by atoms with Crippen molar-refractivity contribution in [1.29, 1.82) is 0 Å². The van der Waals surface area contributed by atoms with Crippen molar-refractivity contribution in [1.82, 2.24) is 9.97 Å². The van der Waals surface area contributed by atoms with Gasteiger partial charge in [0.1, 0.15) is 0 Å². The average molecular weight is 775 g/mol. The van der Waals surface area contributed by atoms with Crippen molar-refractivity contribution in [2.24, 2.45) is 0 Å². The molecule has 1 aliphatic rings. The van der Waals surface area contributed by atoms with E-state index in [2.05, 4.69) is 231 Å². The summed E-state index contributed by atoms with van der Waals surface area (Å²) in [7, 11) is 0. The van der Waals surface area contributed by atoms with E-state index in [0.29, 0.717) is 5.82 Å². The molecule has 0 atom stereocenters. The van der Waals surface area contributed by atoms with Gasteiger partial charge in [-0.25, -0.2) is 9.97 Å². The number of rotatable bonds is 6. The zero-order valence-electron chi connectivity index (χ0n) is 33.3. The third-order valence-electron chi connectivity index (χ3n) is 12.7. The monoisotopic (exact) mass is 774 g/mol. The molecule has 10 aromatic carbocycles. The summed E-state index contributed by atoms with van der Waals surface area (Å²) < 4.78 is 0. The number of benzene rings is 10. The Balaban J connectivity index is 1.18. The molecular weight excluding hydrogens is 737 g/mol. The third kappa shape index (κ3) is 5.43. The highest BCUT2D eigenvalue weighted by Crippen LogP contribution is 2.57. The lowest BCUT2D eigenvalue weighted by molar-refractivity contribution is 0.768. The fourth-order valence-corrected chi connectivity index (χ4v) is 10.2. The van der Waals surface area contributed by atoms with Crippen molar-refractivity contribution in [3.8, 4) is 56.2 Å². The van der Waals surface area contributed by atoms with Crippen LogP contribution in [-0.2, 0) is 5.41 Å². The lowest BCUT2D eigenvalue weighted by Crippen LogP contribution is -2.28. The smallest absolute Gasteiger partial charge is 0.160 e. The molecule has 12 rings (SSSR count). The van der Waals surface area contributed by atoms with Crippen LogP contribution >= 0.6 is 0 Å². The molecule has 284 valence electrons. The number of hydrogen-bond donors (Lipinski definition) is 0. The van der Waals surface area contributed by atoms with Crippen molar-refractivity contribution in [2.45, 2.75) is 5.41 Å². The lowest BCUT2D eigenvalue weighted by Gasteiger charge is -2.34. The van der Waals surface area contributed by atoms with Gasteiger partial charge in [0.05, 0.1) is 16.8 Å². The van der Waals surface area contributed by atoms with Crippen LogP contribution in [0.1, 0.15) is 22.3 Å². The molecule has 0 saturated carbocycles. The first-order valence-electron chi connectivity index (χ1n) is 21.0. The SMILES string of the molecule is c1ccc(-c2nc(-c3ccc4c(c3)C(c3ccccc3)(c3ccccc3)c3ccccc3-4)cc(-c3c4ccccc4c(-c4ccccc4)c4ccc5ccccc5c34)n2)cc1. The minimum Gasteiger partial charge on any atom is -0.228 e. The molecule has 0 unspecified atom stereocenters. The maximum absolute atomic E-state index is 5.53. The van der Waals surface area contributed by atoms with E-state index < -0.39 is 5.41 Å². The van der Waals surface area contributed by atoms with Crippen molar-refractivity contribution in [2.75, 3.05) is 0 Å². The highest BCUT2D eigenvalue weighted by atomic mass is 14.9. The van der Waals surface area contributed by atoms with Crippen LogP contribution in [0.4, 0.5) is 0 Å². The Kier molecular flexibility index (Phi) is 8.11. The zero-order valence-corrected chi connectivity index (χ0v) is 33.3. The Bertz CT molecular complexity index is 3410. The van der Waals surface area contributed by atoms with E-state index in [1.54, 1.807) is 0 Å².